The third-order valence-electron chi connectivity index (χ3n) is 2.26. The Kier molecular flexibility index (Phi) is 3.24. The number of hydrogen-bond acceptors (Lipinski definition) is 4. The van der Waals surface area contributed by atoms with Gasteiger partial charge in [0, 0.05) is 18.7 Å². The molecule has 0 fully saturated rings. The fourth-order valence-electron chi connectivity index (χ4n) is 1.53. The molecular formula is C12H11ClN2O2. The molecule has 0 saturated heterocycles. The van der Waals surface area contributed by atoms with E-state index in [1.807, 2.05) is 6.92 Å². The molecule has 0 atom stereocenters. The molecular weight excluding hydrogens is 240 g/mol. The molecule has 17 heavy (non-hydrogen) atoms. The van der Waals surface area contributed by atoms with E-state index < -0.39 is 0 Å². The Morgan fingerprint density at radius 3 is 2.82 bits per heavy atom. The van der Waals surface area contributed by atoms with E-state index in [2.05, 4.69) is 9.97 Å². The van der Waals surface area contributed by atoms with Crippen LogP contribution >= 0.6 is 11.6 Å². The first-order chi connectivity index (χ1) is 8.11. The standard InChI is InChI=1S/C12H11ClN2O2/c1-3-10-14-11-8(12(13)15-10)5-4-6-9(11)17-7(2)16/h4-6H,3H2,1-2H3. The largest absolute Gasteiger partial charge is 0.424 e. The molecule has 2 aromatic rings. The Balaban J connectivity index is 2.68. The number of esters is 1. The highest BCUT2D eigenvalue weighted by atomic mass is 35.5. The molecule has 0 amide bonds. The van der Waals surface area contributed by atoms with Crippen LogP contribution in [0.4, 0.5) is 0 Å². The van der Waals surface area contributed by atoms with E-state index in [9.17, 15) is 4.79 Å². The molecule has 88 valence electrons. The lowest BCUT2D eigenvalue weighted by atomic mass is 10.2. The molecule has 0 spiro atoms. The van der Waals surface area contributed by atoms with Crippen LogP contribution < -0.4 is 4.74 Å². The fourth-order valence-corrected chi connectivity index (χ4v) is 1.78. The number of carbonyl (C=O) groups excluding carboxylic acids is 1. The van der Waals surface area contributed by atoms with Gasteiger partial charge in [-0.3, -0.25) is 4.79 Å². The number of carbonyl (C=O) groups is 1. The van der Waals surface area contributed by atoms with Crippen molar-refractivity contribution in [3.63, 3.8) is 0 Å². The van der Waals surface area contributed by atoms with Crippen LogP contribution in [-0.4, -0.2) is 15.9 Å². The fraction of sp³-hybridized carbons (Fsp3) is 0.250. The number of hydrogen-bond donors (Lipinski definition) is 0. The van der Waals surface area contributed by atoms with E-state index in [4.69, 9.17) is 16.3 Å². The minimum Gasteiger partial charge on any atom is -0.424 e. The third kappa shape index (κ3) is 2.36. The molecule has 0 aliphatic heterocycles. The second-order valence-electron chi connectivity index (χ2n) is 3.53. The van der Waals surface area contributed by atoms with Gasteiger partial charge in [0.1, 0.15) is 16.5 Å². The van der Waals surface area contributed by atoms with Gasteiger partial charge in [0.25, 0.3) is 0 Å². The molecule has 0 bridgehead atoms. The molecule has 0 N–H and O–H groups in total. The van der Waals surface area contributed by atoms with E-state index in [-0.39, 0.29) is 5.97 Å². The predicted molar refractivity (Wildman–Crippen MR) is 65.2 cm³/mol. The summed E-state index contributed by atoms with van der Waals surface area (Å²) in [6.45, 7) is 3.29. The minimum atomic E-state index is -0.384. The lowest BCUT2D eigenvalue weighted by molar-refractivity contribution is -0.131. The maximum atomic E-state index is 11.0. The summed E-state index contributed by atoms with van der Waals surface area (Å²) in [7, 11) is 0. The summed E-state index contributed by atoms with van der Waals surface area (Å²) < 4.78 is 5.09. The number of aryl methyl sites for hydroxylation is 1. The van der Waals surface area contributed by atoms with E-state index in [1.165, 1.54) is 6.92 Å². The molecule has 0 radical (unpaired) electrons. The normalized spacial score (nSPS) is 10.5. The van der Waals surface area contributed by atoms with Crippen LogP contribution in [0.25, 0.3) is 10.9 Å². The Hall–Kier alpha value is -1.68. The first kappa shape index (κ1) is 11.8. The lowest BCUT2D eigenvalue weighted by Gasteiger charge is -2.07. The molecule has 0 aliphatic rings. The van der Waals surface area contributed by atoms with Crippen LogP contribution in [0.3, 0.4) is 0 Å². The Morgan fingerprint density at radius 2 is 2.18 bits per heavy atom. The van der Waals surface area contributed by atoms with Gasteiger partial charge in [-0.25, -0.2) is 9.97 Å². The average Bonchev–Trinajstić information content (AvgIpc) is 2.29. The minimum absolute atomic E-state index is 0.376. The van der Waals surface area contributed by atoms with Crippen molar-refractivity contribution in [1.82, 2.24) is 9.97 Å². The smallest absolute Gasteiger partial charge is 0.308 e. The second kappa shape index (κ2) is 4.67. The summed E-state index contributed by atoms with van der Waals surface area (Å²) in [4.78, 5) is 19.5. The average molecular weight is 251 g/mol. The number of benzene rings is 1. The zero-order valence-corrected chi connectivity index (χ0v) is 10.3. The Morgan fingerprint density at radius 1 is 1.41 bits per heavy atom. The summed E-state index contributed by atoms with van der Waals surface area (Å²) in [6.07, 6.45) is 0.671. The van der Waals surface area contributed by atoms with Crippen molar-refractivity contribution in [3.05, 3.63) is 29.2 Å². The van der Waals surface area contributed by atoms with Gasteiger partial charge in [-0.05, 0) is 12.1 Å². The van der Waals surface area contributed by atoms with Crippen molar-refractivity contribution in [3.8, 4) is 5.75 Å². The number of fused-ring (bicyclic) bond motifs is 1. The molecule has 0 aliphatic carbocycles. The number of para-hydroxylation sites is 1. The summed E-state index contributed by atoms with van der Waals surface area (Å²) in [6, 6.07) is 5.23. The van der Waals surface area contributed by atoms with Gasteiger partial charge in [0.05, 0.1) is 0 Å². The van der Waals surface area contributed by atoms with Crippen molar-refractivity contribution >= 4 is 28.5 Å². The van der Waals surface area contributed by atoms with E-state index in [0.29, 0.717) is 34.1 Å². The first-order valence-corrected chi connectivity index (χ1v) is 5.63. The van der Waals surface area contributed by atoms with E-state index in [1.54, 1.807) is 18.2 Å². The maximum Gasteiger partial charge on any atom is 0.308 e. The number of aromatic nitrogens is 2. The van der Waals surface area contributed by atoms with Crippen LogP contribution in [0.5, 0.6) is 5.75 Å². The summed E-state index contributed by atoms with van der Waals surface area (Å²) in [5.74, 6) is 0.654. The van der Waals surface area contributed by atoms with Crippen molar-refractivity contribution in [2.75, 3.05) is 0 Å². The summed E-state index contributed by atoms with van der Waals surface area (Å²) >= 11 is 6.06. The van der Waals surface area contributed by atoms with Gasteiger partial charge in [-0.15, -0.1) is 0 Å². The van der Waals surface area contributed by atoms with Crippen LogP contribution in [0.15, 0.2) is 18.2 Å². The van der Waals surface area contributed by atoms with E-state index >= 15 is 0 Å². The van der Waals surface area contributed by atoms with Gasteiger partial charge < -0.3 is 4.74 Å². The van der Waals surface area contributed by atoms with Gasteiger partial charge in [-0.2, -0.15) is 0 Å². The SMILES string of the molecule is CCc1nc(Cl)c2cccc(OC(C)=O)c2n1. The van der Waals surface area contributed by atoms with Crippen LogP contribution in [0.2, 0.25) is 5.15 Å². The molecule has 1 aromatic carbocycles. The molecule has 4 nitrogen and oxygen atoms in total. The highest BCUT2D eigenvalue weighted by Crippen LogP contribution is 2.28. The highest BCUT2D eigenvalue weighted by molar-refractivity contribution is 6.34. The van der Waals surface area contributed by atoms with Crippen molar-refractivity contribution in [2.24, 2.45) is 0 Å². The number of nitrogens with zero attached hydrogens (tertiary/aromatic N) is 2. The second-order valence-corrected chi connectivity index (χ2v) is 3.89. The molecule has 0 saturated carbocycles. The highest BCUT2D eigenvalue weighted by Gasteiger charge is 2.10. The summed E-state index contributed by atoms with van der Waals surface area (Å²) in [5.41, 5.74) is 0.569. The van der Waals surface area contributed by atoms with Crippen molar-refractivity contribution in [2.45, 2.75) is 20.3 Å². The molecule has 1 heterocycles. The number of rotatable bonds is 2. The van der Waals surface area contributed by atoms with Gasteiger partial charge in [0.15, 0.2) is 5.75 Å². The molecule has 2 rings (SSSR count). The van der Waals surface area contributed by atoms with Crippen LogP contribution in [0.1, 0.15) is 19.7 Å². The summed E-state index contributed by atoms with van der Waals surface area (Å²) in [5, 5.41) is 1.06. The quantitative estimate of drug-likeness (QED) is 0.467. The van der Waals surface area contributed by atoms with Crippen LogP contribution in [0, 0.1) is 0 Å². The zero-order chi connectivity index (χ0) is 12.4. The monoisotopic (exact) mass is 250 g/mol. The lowest BCUT2D eigenvalue weighted by Crippen LogP contribution is -2.03. The van der Waals surface area contributed by atoms with Gasteiger partial charge in [-0.1, -0.05) is 24.6 Å². The van der Waals surface area contributed by atoms with Crippen molar-refractivity contribution < 1.29 is 9.53 Å². The predicted octanol–water partition coefficient (Wildman–Crippen LogP) is 2.77. The first-order valence-electron chi connectivity index (χ1n) is 5.25. The molecule has 0 unspecified atom stereocenters. The molecule has 1 aromatic heterocycles. The topological polar surface area (TPSA) is 52.1 Å². The number of halogens is 1. The Labute approximate surface area is 104 Å². The van der Waals surface area contributed by atoms with E-state index in [0.717, 1.165) is 0 Å². The van der Waals surface area contributed by atoms with Crippen LogP contribution in [-0.2, 0) is 11.2 Å². The Bertz CT molecular complexity index is 584. The molecule has 5 heteroatoms. The van der Waals surface area contributed by atoms with Gasteiger partial charge in [0.2, 0.25) is 0 Å². The number of ether oxygens (including phenoxy) is 1. The van der Waals surface area contributed by atoms with Gasteiger partial charge >= 0.3 is 5.97 Å². The zero-order valence-electron chi connectivity index (χ0n) is 9.53. The third-order valence-corrected chi connectivity index (χ3v) is 2.55. The van der Waals surface area contributed by atoms with Crippen molar-refractivity contribution in [1.29, 1.82) is 0 Å². The maximum absolute atomic E-state index is 11.0.